The Balaban J connectivity index is 1.47. The summed E-state index contributed by atoms with van der Waals surface area (Å²) in [5, 5.41) is 11.8. The largest absolute Gasteiger partial charge is 0.460 e. The summed E-state index contributed by atoms with van der Waals surface area (Å²) in [5.41, 5.74) is 5.66. The Morgan fingerprint density at radius 1 is 1.13 bits per heavy atom. The van der Waals surface area contributed by atoms with Crippen molar-refractivity contribution in [3.63, 3.8) is 0 Å². The molecule has 0 atom stereocenters. The number of anilines is 1. The summed E-state index contributed by atoms with van der Waals surface area (Å²) in [7, 11) is 0. The van der Waals surface area contributed by atoms with E-state index in [1.807, 2.05) is 79.9 Å². The number of aromatic nitrogens is 2. The van der Waals surface area contributed by atoms with Gasteiger partial charge in [-0.2, -0.15) is 10.2 Å². The van der Waals surface area contributed by atoms with Crippen LogP contribution in [0.5, 0.6) is 0 Å². The van der Waals surface area contributed by atoms with Crippen molar-refractivity contribution in [3.05, 3.63) is 88.7 Å². The molecule has 0 bridgehead atoms. The van der Waals surface area contributed by atoms with Crippen molar-refractivity contribution < 1.29 is 9.21 Å². The second-order valence-corrected chi connectivity index (χ2v) is 7.69. The SMILES string of the molecule is Cc1ccc(-c2nn(-c3ccccc3)cc2/C=N\NC(=O)CNc2ccc(Br)cc2)o1. The van der Waals surface area contributed by atoms with Crippen molar-refractivity contribution in [1.29, 1.82) is 0 Å². The molecule has 0 saturated heterocycles. The minimum Gasteiger partial charge on any atom is -0.460 e. The van der Waals surface area contributed by atoms with Gasteiger partial charge in [0, 0.05) is 21.9 Å². The summed E-state index contributed by atoms with van der Waals surface area (Å²) >= 11 is 3.38. The summed E-state index contributed by atoms with van der Waals surface area (Å²) in [4.78, 5) is 12.1. The van der Waals surface area contributed by atoms with Gasteiger partial charge in [-0.05, 0) is 55.5 Å². The van der Waals surface area contributed by atoms with Gasteiger partial charge in [-0.25, -0.2) is 10.1 Å². The Labute approximate surface area is 187 Å². The van der Waals surface area contributed by atoms with Crippen LogP contribution in [-0.4, -0.2) is 28.4 Å². The maximum absolute atomic E-state index is 12.1. The third kappa shape index (κ3) is 5.29. The van der Waals surface area contributed by atoms with E-state index in [0.29, 0.717) is 11.5 Å². The van der Waals surface area contributed by atoms with Gasteiger partial charge in [0.25, 0.3) is 5.91 Å². The Bertz CT molecular complexity index is 1200. The average molecular weight is 478 g/mol. The highest BCUT2D eigenvalue weighted by molar-refractivity contribution is 9.10. The second-order valence-electron chi connectivity index (χ2n) is 6.78. The number of carbonyl (C=O) groups excluding carboxylic acids is 1. The van der Waals surface area contributed by atoms with Crippen LogP contribution in [0.15, 0.2) is 86.9 Å². The van der Waals surface area contributed by atoms with Crippen LogP contribution in [0.1, 0.15) is 11.3 Å². The molecule has 0 aliphatic rings. The molecule has 2 aromatic heterocycles. The van der Waals surface area contributed by atoms with E-state index in [0.717, 1.165) is 27.2 Å². The van der Waals surface area contributed by atoms with E-state index in [2.05, 4.69) is 36.9 Å². The number of aryl methyl sites for hydroxylation is 1. The minimum atomic E-state index is -0.259. The number of nitrogens with one attached hydrogen (secondary N) is 2. The standard InChI is InChI=1S/C23H20BrN5O2/c1-16-7-12-21(31-16)23-17(15-29(28-23)20-5-3-2-4-6-20)13-26-27-22(30)14-25-19-10-8-18(24)9-11-19/h2-13,15,25H,14H2,1H3,(H,27,30)/b26-13-. The molecule has 31 heavy (non-hydrogen) atoms. The molecule has 8 heteroatoms. The van der Waals surface area contributed by atoms with E-state index in [4.69, 9.17) is 4.42 Å². The molecule has 156 valence electrons. The number of carbonyl (C=O) groups is 1. The fraction of sp³-hybridized carbons (Fsp3) is 0.0870. The maximum atomic E-state index is 12.1. The first kappa shape index (κ1) is 20.6. The van der Waals surface area contributed by atoms with Crippen LogP contribution in [-0.2, 0) is 4.79 Å². The van der Waals surface area contributed by atoms with Crippen LogP contribution in [0.2, 0.25) is 0 Å². The van der Waals surface area contributed by atoms with E-state index >= 15 is 0 Å². The first-order valence-electron chi connectivity index (χ1n) is 9.62. The summed E-state index contributed by atoms with van der Waals surface area (Å²) < 4.78 is 8.48. The number of hydrogen-bond donors (Lipinski definition) is 2. The molecule has 0 saturated carbocycles. The van der Waals surface area contributed by atoms with Gasteiger partial charge in [-0.3, -0.25) is 4.79 Å². The van der Waals surface area contributed by atoms with Crippen LogP contribution >= 0.6 is 15.9 Å². The van der Waals surface area contributed by atoms with Crippen molar-refractivity contribution in [2.24, 2.45) is 5.10 Å². The van der Waals surface area contributed by atoms with Gasteiger partial charge < -0.3 is 9.73 Å². The van der Waals surface area contributed by atoms with Crippen LogP contribution in [0.25, 0.3) is 17.1 Å². The molecule has 0 aliphatic heterocycles. The van der Waals surface area contributed by atoms with Gasteiger partial charge in [-0.15, -0.1) is 0 Å². The Morgan fingerprint density at radius 2 is 1.90 bits per heavy atom. The number of benzene rings is 2. The number of furan rings is 1. The van der Waals surface area contributed by atoms with E-state index in [1.165, 1.54) is 0 Å². The summed E-state index contributed by atoms with van der Waals surface area (Å²) in [6.07, 6.45) is 3.41. The third-order valence-corrected chi connectivity index (χ3v) is 4.96. The lowest BCUT2D eigenvalue weighted by molar-refractivity contribution is -0.119. The molecule has 0 aliphatic carbocycles. The third-order valence-electron chi connectivity index (χ3n) is 4.43. The molecule has 1 amide bonds. The highest BCUT2D eigenvalue weighted by Crippen LogP contribution is 2.24. The van der Waals surface area contributed by atoms with Crippen molar-refractivity contribution in [1.82, 2.24) is 15.2 Å². The first-order valence-corrected chi connectivity index (χ1v) is 10.4. The maximum Gasteiger partial charge on any atom is 0.259 e. The smallest absolute Gasteiger partial charge is 0.259 e. The van der Waals surface area contributed by atoms with Crippen LogP contribution in [0.4, 0.5) is 5.69 Å². The lowest BCUT2D eigenvalue weighted by Crippen LogP contribution is -2.25. The van der Waals surface area contributed by atoms with Crippen LogP contribution in [0.3, 0.4) is 0 Å². The molecule has 0 unspecified atom stereocenters. The number of hydrogen-bond acceptors (Lipinski definition) is 5. The lowest BCUT2D eigenvalue weighted by Gasteiger charge is -2.05. The quantitative estimate of drug-likeness (QED) is 0.296. The normalized spacial score (nSPS) is 11.0. The molecule has 4 aromatic rings. The van der Waals surface area contributed by atoms with Gasteiger partial charge in [-0.1, -0.05) is 34.1 Å². The lowest BCUT2D eigenvalue weighted by atomic mass is 10.2. The molecule has 0 radical (unpaired) electrons. The summed E-state index contributed by atoms with van der Waals surface area (Å²) in [6.45, 7) is 1.98. The molecular weight excluding hydrogens is 458 g/mol. The zero-order chi connectivity index (χ0) is 21.6. The monoisotopic (exact) mass is 477 g/mol. The highest BCUT2D eigenvalue weighted by atomic mass is 79.9. The molecule has 2 N–H and O–H groups in total. The average Bonchev–Trinajstić information content (AvgIpc) is 3.40. The van der Waals surface area contributed by atoms with Crippen LogP contribution in [0, 0.1) is 6.92 Å². The van der Waals surface area contributed by atoms with E-state index in [1.54, 1.807) is 10.9 Å². The van der Waals surface area contributed by atoms with Gasteiger partial charge in [0.15, 0.2) is 5.76 Å². The summed E-state index contributed by atoms with van der Waals surface area (Å²) in [5.74, 6) is 1.17. The number of hydrazone groups is 1. The number of rotatable bonds is 7. The van der Waals surface area contributed by atoms with Gasteiger partial charge >= 0.3 is 0 Å². The number of para-hydroxylation sites is 1. The zero-order valence-corrected chi connectivity index (χ0v) is 18.3. The fourth-order valence-corrected chi connectivity index (χ4v) is 3.18. The summed E-state index contributed by atoms with van der Waals surface area (Å²) in [6, 6.07) is 21.1. The predicted molar refractivity (Wildman–Crippen MR) is 124 cm³/mol. The molecule has 0 fully saturated rings. The van der Waals surface area contributed by atoms with Gasteiger partial charge in [0.1, 0.15) is 11.5 Å². The highest BCUT2D eigenvalue weighted by Gasteiger charge is 2.14. The molecular formula is C23H20BrN5O2. The van der Waals surface area contributed by atoms with E-state index in [-0.39, 0.29) is 12.5 Å². The molecule has 2 aromatic carbocycles. The van der Waals surface area contributed by atoms with Crippen molar-refractivity contribution >= 4 is 33.7 Å². The number of halogens is 1. The Morgan fingerprint density at radius 3 is 2.61 bits per heavy atom. The molecule has 4 rings (SSSR count). The Hall–Kier alpha value is -3.65. The van der Waals surface area contributed by atoms with Crippen molar-refractivity contribution in [2.45, 2.75) is 6.92 Å². The fourth-order valence-electron chi connectivity index (χ4n) is 2.91. The van der Waals surface area contributed by atoms with Crippen LogP contribution < -0.4 is 10.7 Å². The topological polar surface area (TPSA) is 84.5 Å². The van der Waals surface area contributed by atoms with Crippen molar-refractivity contribution in [3.8, 4) is 17.1 Å². The zero-order valence-electron chi connectivity index (χ0n) is 16.7. The number of nitrogens with zero attached hydrogens (tertiary/aromatic N) is 3. The van der Waals surface area contributed by atoms with Gasteiger partial charge in [0.05, 0.1) is 18.4 Å². The minimum absolute atomic E-state index is 0.104. The molecule has 2 heterocycles. The second kappa shape index (κ2) is 9.44. The predicted octanol–water partition coefficient (Wildman–Crippen LogP) is 4.77. The molecule has 7 nitrogen and oxygen atoms in total. The Kier molecular flexibility index (Phi) is 6.28. The first-order chi connectivity index (χ1) is 15.1. The van der Waals surface area contributed by atoms with Crippen molar-refractivity contribution in [2.75, 3.05) is 11.9 Å². The van der Waals surface area contributed by atoms with E-state index in [9.17, 15) is 4.79 Å². The number of amides is 1. The van der Waals surface area contributed by atoms with Gasteiger partial charge in [0.2, 0.25) is 0 Å². The van der Waals surface area contributed by atoms with E-state index < -0.39 is 0 Å². The molecule has 0 spiro atoms.